The summed E-state index contributed by atoms with van der Waals surface area (Å²) in [6.45, 7) is 0. The van der Waals surface area contributed by atoms with Gasteiger partial charge in [0.1, 0.15) is 0 Å². The Morgan fingerprint density at radius 2 is 1.61 bits per heavy atom. The quantitative estimate of drug-likeness (QED) is 0.393. The first-order chi connectivity index (χ1) is 16.0. The van der Waals surface area contributed by atoms with Crippen LogP contribution in [0.25, 0.3) is 22.8 Å². The minimum atomic E-state index is -0.350. The second-order valence-corrected chi connectivity index (χ2v) is 7.22. The molecule has 1 aromatic heterocycles. The molecule has 0 radical (unpaired) electrons. The van der Waals surface area contributed by atoms with E-state index in [1.807, 2.05) is 6.07 Å². The number of aromatic nitrogens is 2. The van der Waals surface area contributed by atoms with Crippen molar-refractivity contribution in [2.75, 3.05) is 26.6 Å². The number of nitrogens with one attached hydrogen (secondary N) is 1. The first-order valence-electron chi connectivity index (χ1n) is 9.85. The molecule has 1 heterocycles. The van der Waals surface area contributed by atoms with Crippen LogP contribution in [-0.2, 0) is 0 Å². The smallest absolute Gasteiger partial charge is 0.260 e. The molecule has 1 N–H and O–H groups in total. The van der Waals surface area contributed by atoms with E-state index < -0.39 is 0 Å². The van der Waals surface area contributed by atoms with Crippen LogP contribution in [0.2, 0.25) is 5.02 Å². The number of carbonyl (C=O) groups excluding carboxylic acids is 1. The molecule has 4 rings (SSSR count). The lowest BCUT2D eigenvalue weighted by atomic mass is 10.1. The summed E-state index contributed by atoms with van der Waals surface area (Å²) < 4.78 is 21.7. The second-order valence-electron chi connectivity index (χ2n) is 6.82. The van der Waals surface area contributed by atoms with Crippen molar-refractivity contribution in [1.29, 1.82) is 0 Å². The van der Waals surface area contributed by atoms with Gasteiger partial charge in [-0.15, -0.1) is 0 Å². The van der Waals surface area contributed by atoms with Gasteiger partial charge >= 0.3 is 0 Å². The average molecular weight is 466 g/mol. The van der Waals surface area contributed by atoms with Gasteiger partial charge in [0, 0.05) is 5.56 Å². The molecule has 168 valence electrons. The van der Waals surface area contributed by atoms with Crippen molar-refractivity contribution in [3.05, 3.63) is 71.2 Å². The third-order valence-corrected chi connectivity index (χ3v) is 5.20. The van der Waals surface area contributed by atoms with Crippen LogP contribution in [0, 0.1) is 0 Å². The molecule has 0 spiro atoms. The minimum absolute atomic E-state index is 0.230. The molecule has 0 aliphatic rings. The average Bonchev–Trinajstić information content (AvgIpc) is 3.33. The van der Waals surface area contributed by atoms with Gasteiger partial charge in [-0.3, -0.25) is 4.79 Å². The molecule has 1 amide bonds. The van der Waals surface area contributed by atoms with Gasteiger partial charge in [-0.2, -0.15) is 4.98 Å². The highest BCUT2D eigenvalue weighted by molar-refractivity contribution is 6.34. The van der Waals surface area contributed by atoms with Crippen molar-refractivity contribution in [3.63, 3.8) is 0 Å². The van der Waals surface area contributed by atoms with Crippen molar-refractivity contribution in [3.8, 4) is 40.1 Å². The molecule has 4 aromatic rings. The molecule has 0 saturated carbocycles. The van der Waals surface area contributed by atoms with E-state index >= 15 is 0 Å². The minimum Gasteiger partial charge on any atom is -0.493 e. The zero-order chi connectivity index (χ0) is 23.4. The van der Waals surface area contributed by atoms with Crippen molar-refractivity contribution in [2.45, 2.75) is 0 Å². The van der Waals surface area contributed by atoms with Crippen LogP contribution in [0.4, 0.5) is 5.69 Å². The highest BCUT2D eigenvalue weighted by Gasteiger charge is 2.20. The summed E-state index contributed by atoms with van der Waals surface area (Å²) in [7, 11) is 4.58. The van der Waals surface area contributed by atoms with E-state index in [0.717, 1.165) is 0 Å². The van der Waals surface area contributed by atoms with E-state index in [-0.39, 0.29) is 11.8 Å². The fraction of sp³-hybridized carbons (Fsp3) is 0.125. The van der Waals surface area contributed by atoms with Crippen LogP contribution in [0.5, 0.6) is 17.2 Å². The lowest BCUT2D eigenvalue weighted by Crippen LogP contribution is -2.13. The largest absolute Gasteiger partial charge is 0.493 e. The number of amides is 1. The van der Waals surface area contributed by atoms with Crippen LogP contribution in [0.3, 0.4) is 0 Å². The topological polar surface area (TPSA) is 95.7 Å². The predicted octanol–water partition coefficient (Wildman–Crippen LogP) is 5.34. The highest BCUT2D eigenvalue weighted by atomic mass is 35.5. The Morgan fingerprint density at radius 1 is 0.939 bits per heavy atom. The Labute approximate surface area is 195 Å². The number of nitrogens with zero attached hydrogens (tertiary/aromatic N) is 2. The molecule has 0 aliphatic carbocycles. The number of halogens is 1. The molecule has 33 heavy (non-hydrogen) atoms. The number of hydrogen-bond donors (Lipinski definition) is 1. The van der Waals surface area contributed by atoms with Crippen LogP contribution >= 0.6 is 11.6 Å². The van der Waals surface area contributed by atoms with Gasteiger partial charge in [-0.25, -0.2) is 0 Å². The second kappa shape index (κ2) is 9.62. The van der Waals surface area contributed by atoms with Crippen LogP contribution in [0.1, 0.15) is 10.4 Å². The molecule has 3 aromatic carbocycles. The molecule has 0 bridgehead atoms. The number of carbonyl (C=O) groups is 1. The molecular weight excluding hydrogens is 446 g/mol. The van der Waals surface area contributed by atoms with Gasteiger partial charge in [0.15, 0.2) is 11.5 Å². The number of methoxy groups -OCH3 is 3. The first kappa shape index (κ1) is 22.2. The van der Waals surface area contributed by atoms with Gasteiger partial charge in [0.05, 0.1) is 43.2 Å². The number of benzene rings is 3. The maximum Gasteiger partial charge on any atom is 0.260 e. The van der Waals surface area contributed by atoms with Gasteiger partial charge in [0.25, 0.3) is 11.8 Å². The zero-order valence-corrected chi connectivity index (χ0v) is 18.8. The Bertz CT molecular complexity index is 1280. The molecule has 0 aliphatic heterocycles. The lowest BCUT2D eigenvalue weighted by molar-refractivity contribution is 0.102. The first-order valence-corrected chi connectivity index (χ1v) is 10.2. The zero-order valence-electron chi connectivity index (χ0n) is 18.1. The molecule has 0 unspecified atom stereocenters. The fourth-order valence-electron chi connectivity index (χ4n) is 3.27. The maximum atomic E-state index is 12.7. The van der Waals surface area contributed by atoms with E-state index in [2.05, 4.69) is 15.5 Å². The molecular formula is C24H20ClN3O5. The number of rotatable bonds is 7. The number of anilines is 1. The third kappa shape index (κ3) is 4.47. The van der Waals surface area contributed by atoms with E-state index in [4.69, 9.17) is 30.3 Å². The van der Waals surface area contributed by atoms with Crippen molar-refractivity contribution in [1.82, 2.24) is 10.1 Å². The molecule has 0 saturated heterocycles. The van der Waals surface area contributed by atoms with Crippen molar-refractivity contribution in [2.24, 2.45) is 0 Å². The van der Waals surface area contributed by atoms with Crippen LogP contribution < -0.4 is 19.5 Å². The molecule has 0 fully saturated rings. The Balaban J connectivity index is 1.68. The fourth-order valence-corrected chi connectivity index (χ4v) is 3.50. The predicted molar refractivity (Wildman–Crippen MR) is 124 cm³/mol. The third-order valence-electron chi connectivity index (χ3n) is 4.87. The number of para-hydroxylation sites is 1. The van der Waals surface area contributed by atoms with Crippen LogP contribution in [0.15, 0.2) is 65.2 Å². The van der Waals surface area contributed by atoms with Gasteiger partial charge < -0.3 is 24.1 Å². The summed E-state index contributed by atoms with van der Waals surface area (Å²) in [5.74, 6) is 1.58. The summed E-state index contributed by atoms with van der Waals surface area (Å²) in [5, 5.41) is 7.31. The van der Waals surface area contributed by atoms with E-state index in [0.29, 0.717) is 50.5 Å². The van der Waals surface area contributed by atoms with Gasteiger partial charge in [0.2, 0.25) is 11.6 Å². The maximum absolute atomic E-state index is 12.7. The molecule has 8 nitrogen and oxygen atoms in total. The number of ether oxygens (including phenoxy) is 3. The van der Waals surface area contributed by atoms with Crippen molar-refractivity contribution < 1.29 is 23.5 Å². The van der Waals surface area contributed by atoms with E-state index in [1.54, 1.807) is 54.6 Å². The Hall–Kier alpha value is -4.04. The lowest BCUT2D eigenvalue weighted by Gasteiger charge is -2.12. The Morgan fingerprint density at radius 3 is 2.27 bits per heavy atom. The normalized spacial score (nSPS) is 10.5. The van der Waals surface area contributed by atoms with Gasteiger partial charge in [-0.1, -0.05) is 41.0 Å². The SMILES string of the molecule is COc1cc(-c2noc(-c3ccccc3NC(=O)c3ccccc3Cl)n2)cc(OC)c1OC. The standard InChI is InChI=1S/C24H20ClN3O5/c1-30-19-12-14(13-20(31-2)21(19)32-3)22-27-24(33-28-22)16-9-5-7-11-18(16)26-23(29)15-8-4-6-10-17(15)25/h4-13H,1-3H3,(H,26,29). The van der Waals surface area contributed by atoms with E-state index in [9.17, 15) is 4.79 Å². The monoisotopic (exact) mass is 465 g/mol. The molecule has 9 heteroatoms. The highest BCUT2D eigenvalue weighted by Crippen LogP contribution is 2.41. The van der Waals surface area contributed by atoms with E-state index in [1.165, 1.54) is 21.3 Å². The summed E-state index contributed by atoms with van der Waals surface area (Å²) in [6, 6.07) is 17.4. The summed E-state index contributed by atoms with van der Waals surface area (Å²) >= 11 is 6.15. The number of hydrogen-bond acceptors (Lipinski definition) is 7. The van der Waals surface area contributed by atoms with Gasteiger partial charge in [-0.05, 0) is 36.4 Å². The molecule has 0 atom stereocenters. The summed E-state index contributed by atoms with van der Waals surface area (Å²) in [5.41, 5.74) is 2.03. The summed E-state index contributed by atoms with van der Waals surface area (Å²) in [6.07, 6.45) is 0. The summed E-state index contributed by atoms with van der Waals surface area (Å²) in [4.78, 5) is 17.3. The Kier molecular flexibility index (Phi) is 6.46. The van der Waals surface area contributed by atoms with Crippen LogP contribution in [-0.4, -0.2) is 37.4 Å². The van der Waals surface area contributed by atoms with Crippen molar-refractivity contribution >= 4 is 23.2 Å².